The molecule has 13 heavy (non-hydrogen) atoms. The van der Waals surface area contributed by atoms with Crippen LogP contribution in [0, 0.1) is 5.82 Å². The number of nitrogens with one attached hydrogen (secondary N) is 1. The zero-order valence-corrected chi connectivity index (χ0v) is 7.38. The lowest BCUT2D eigenvalue weighted by Gasteiger charge is -2.05. The molecule has 4 heteroatoms. The Kier molecular flexibility index (Phi) is 2.04. The predicted octanol–water partition coefficient (Wildman–Crippen LogP) is 1.80. The van der Waals surface area contributed by atoms with Gasteiger partial charge >= 0.3 is 0 Å². The molecular formula is C9H11FN2O. The van der Waals surface area contributed by atoms with E-state index in [0.717, 1.165) is 12.8 Å². The van der Waals surface area contributed by atoms with Crippen molar-refractivity contribution < 1.29 is 9.13 Å². The number of aromatic nitrogens is 1. The van der Waals surface area contributed by atoms with E-state index in [2.05, 4.69) is 10.3 Å². The number of anilines is 1. The summed E-state index contributed by atoms with van der Waals surface area (Å²) in [4.78, 5) is 3.87. The van der Waals surface area contributed by atoms with Gasteiger partial charge in [0.05, 0.1) is 12.3 Å². The highest BCUT2D eigenvalue weighted by Crippen LogP contribution is 2.27. The molecule has 2 rings (SSSR count). The molecule has 1 N–H and O–H groups in total. The summed E-state index contributed by atoms with van der Waals surface area (Å²) in [6.45, 7) is 0. The number of ether oxygens (including phenoxy) is 1. The number of halogens is 1. The van der Waals surface area contributed by atoms with E-state index in [1.807, 2.05) is 0 Å². The van der Waals surface area contributed by atoms with Gasteiger partial charge in [-0.2, -0.15) is 0 Å². The lowest BCUT2D eigenvalue weighted by molar-refractivity contribution is 0.300. The maximum Gasteiger partial charge on any atom is 0.169 e. The Bertz CT molecular complexity index is 312. The zero-order chi connectivity index (χ0) is 9.26. The van der Waals surface area contributed by atoms with Crippen molar-refractivity contribution >= 4 is 5.82 Å². The molecule has 1 saturated carbocycles. The molecule has 3 nitrogen and oxygen atoms in total. The van der Waals surface area contributed by atoms with Crippen LogP contribution in [0.25, 0.3) is 0 Å². The molecule has 0 unspecified atom stereocenters. The summed E-state index contributed by atoms with van der Waals surface area (Å²) in [5.41, 5.74) is 0. The van der Waals surface area contributed by atoms with Gasteiger partial charge in [0.25, 0.3) is 0 Å². The first-order valence-corrected chi connectivity index (χ1v) is 4.29. The fraction of sp³-hybridized carbons (Fsp3) is 0.444. The van der Waals surface area contributed by atoms with Gasteiger partial charge in [-0.3, -0.25) is 0 Å². The quantitative estimate of drug-likeness (QED) is 0.774. The van der Waals surface area contributed by atoms with Gasteiger partial charge in [-0.1, -0.05) is 0 Å². The van der Waals surface area contributed by atoms with E-state index in [9.17, 15) is 4.39 Å². The summed E-state index contributed by atoms with van der Waals surface area (Å²) in [7, 11) is 1.63. The Morgan fingerprint density at radius 2 is 2.38 bits per heavy atom. The zero-order valence-electron chi connectivity index (χ0n) is 7.38. The van der Waals surface area contributed by atoms with Gasteiger partial charge in [0.2, 0.25) is 0 Å². The second kappa shape index (κ2) is 3.20. The number of rotatable bonds is 3. The first kappa shape index (κ1) is 8.29. The molecule has 1 fully saturated rings. The second-order valence-electron chi connectivity index (χ2n) is 3.07. The fourth-order valence-corrected chi connectivity index (χ4v) is 1.05. The molecule has 0 atom stereocenters. The Morgan fingerprint density at radius 3 is 2.92 bits per heavy atom. The van der Waals surface area contributed by atoms with Crippen molar-refractivity contribution in [1.29, 1.82) is 0 Å². The Hall–Kier alpha value is -1.32. The van der Waals surface area contributed by atoms with E-state index in [1.165, 1.54) is 12.3 Å². The van der Waals surface area contributed by atoms with Gasteiger partial charge in [0.15, 0.2) is 11.6 Å². The molecule has 0 spiro atoms. The minimum atomic E-state index is -0.374. The SMILES string of the molecule is CNc1ncc(OC2CC2)cc1F. The van der Waals surface area contributed by atoms with Crippen molar-refractivity contribution in [3.63, 3.8) is 0 Å². The minimum Gasteiger partial charge on any atom is -0.489 e. The number of nitrogens with zero attached hydrogens (tertiary/aromatic N) is 1. The Morgan fingerprint density at radius 1 is 1.62 bits per heavy atom. The molecule has 0 aromatic carbocycles. The maximum atomic E-state index is 13.1. The summed E-state index contributed by atoms with van der Waals surface area (Å²) >= 11 is 0. The standard InChI is InChI=1S/C9H11FN2O/c1-11-9-8(10)4-7(5-12-9)13-6-2-3-6/h4-6H,2-3H2,1H3,(H,11,12). The van der Waals surface area contributed by atoms with Crippen molar-refractivity contribution in [2.75, 3.05) is 12.4 Å². The van der Waals surface area contributed by atoms with Gasteiger partial charge < -0.3 is 10.1 Å². The van der Waals surface area contributed by atoms with Gasteiger partial charge in [0, 0.05) is 13.1 Å². The van der Waals surface area contributed by atoms with E-state index in [-0.39, 0.29) is 17.7 Å². The van der Waals surface area contributed by atoms with E-state index in [0.29, 0.717) is 5.75 Å². The van der Waals surface area contributed by atoms with Crippen LogP contribution in [-0.2, 0) is 0 Å². The second-order valence-corrected chi connectivity index (χ2v) is 3.07. The molecule has 0 amide bonds. The average Bonchev–Trinajstić information content (AvgIpc) is 2.89. The highest BCUT2D eigenvalue weighted by Gasteiger charge is 2.23. The van der Waals surface area contributed by atoms with Gasteiger partial charge in [0.1, 0.15) is 5.75 Å². The molecule has 1 aromatic heterocycles. The van der Waals surface area contributed by atoms with Crippen molar-refractivity contribution in [2.24, 2.45) is 0 Å². The first-order valence-electron chi connectivity index (χ1n) is 4.29. The van der Waals surface area contributed by atoms with Crippen LogP contribution in [-0.4, -0.2) is 18.1 Å². The van der Waals surface area contributed by atoms with Crippen molar-refractivity contribution in [1.82, 2.24) is 4.98 Å². The number of pyridine rings is 1. The van der Waals surface area contributed by atoms with E-state index in [1.54, 1.807) is 7.05 Å². The summed E-state index contributed by atoms with van der Waals surface area (Å²) < 4.78 is 18.5. The van der Waals surface area contributed by atoms with E-state index < -0.39 is 0 Å². The molecule has 1 heterocycles. The maximum absolute atomic E-state index is 13.1. The number of hydrogen-bond acceptors (Lipinski definition) is 3. The third kappa shape index (κ3) is 1.88. The summed E-state index contributed by atoms with van der Waals surface area (Å²) in [6, 6.07) is 1.36. The largest absolute Gasteiger partial charge is 0.489 e. The summed E-state index contributed by atoms with van der Waals surface area (Å²) in [6.07, 6.45) is 3.94. The third-order valence-corrected chi connectivity index (χ3v) is 1.88. The van der Waals surface area contributed by atoms with Gasteiger partial charge in [-0.05, 0) is 12.8 Å². The van der Waals surface area contributed by atoms with Crippen LogP contribution in [0.2, 0.25) is 0 Å². The normalized spacial score (nSPS) is 15.5. The molecule has 1 aromatic rings. The summed E-state index contributed by atoms with van der Waals surface area (Å²) in [5, 5.41) is 2.65. The highest BCUT2D eigenvalue weighted by molar-refractivity contribution is 5.38. The predicted molar refractivity (Wildman–Crippen MR) is 47.4 cm³/mol. The summed E-state index contributed by atoms with van der Waals surface area (Å²) in [5.74, 6) is 0.391. The minimum absolute atomic E-state index is 0.253. The van der Waals surface area contributed by atoms with E-state index >= 15 is 0 Å². The fourth-order valence-electron chi connectivity index (χ4n) is 1.05. The molecule has 1 aliphatic carbocycles. The molecule has 0 saturated heterocycles. The van der Waals surface area contributed by atoms with Crippen LogP contribution < -0.4 is 10.1 Å². The third-order valence-electron chi connectivity index (χ3n) is 1.88. The topological polar surface area (TPSA) is 34.2 Å². The Balaban J connectivity index is 2.13. The molecular weight excluding hydrogens is 171 g/mol. The van der Waals surface area contributed by atoms with Crippen molar-refractivity contribution in [3.8, 4) is 5.75 Å². The lowest BCUT2D eigenvalue weighted by Crippen LogP contribution is -2.00. The van der Waals surface area contributed by atoms with Crippen LogP contribution in [0.1, 0.15) is 12.8 Å². The smallest absolute Gasteiger partial charge is 0.169 e. The van der Waals surface area contributed by atoms with Crippen LogP contribution in [0.15, 0.2) is 12.3 Å². The van der Waals surface area contributed by atoms with Crippen LogP contribution >= 0.6 is 0 Å². The van der Waals surface area contributed by atoms with Gasteiger partial charge in [-0.15, -0.1) is 0 Å². The molecule has 0 radical (unpaired) electrons. The van der Waals surface area contributed by atoms with Crippen LogP contribution in [0.5, 0.6) is 5.75 Å². The molecule has 0 bridgehead atoms. The van der Waals surface area contributed by atoms with E-state index in [4.69, 9.17) is 4.74 Å². The molecule has 1 aliphatic rings. The van der Waals surface area contributed by atoms with Gasteiger partial charge in [-0.25, -0.2) is 9.37 Å². The number of hydrogen-bond donors (Lipinski definition) is 1. The molecule has 70 valence electrons. The van der Waals surface area contributed by atoms with Crippen molar-refractivity contribution in [3.05, 3.63) is 18.1 Å². The Labute approximate surface area is 75.9 Å². The first-order chi connectivity index (χ1) is 6.29. The van der Waals surface area contributed by atoms with Crippen LogP contribution in [0.4, 0.5) is 10.2 Å². The van der Waals surface area contributed by atoms with Crippen LogP contribution in [0.3, 0.4) is 0 Å². The monoisotopic (exact) mass is 182 g/mol. The van der Waals surface area contributed by atoms with Crippen molar-refractivity contribution in [2.45, 2.75) is 18.9 Å². The lowest BCUT2D eigenvalue weighted by atomic mass is 10.4. The molecule has 0 aliphatic heterocycles. The highest BCUT2D eigenvalue weighted by atomic mass is 19.1. The average molecular weight is 182 g/mol.